The minimum Gasteiger partial charge on any atom is -0.384 e. The van der Waals surface area contributed by atoms with Gasteiger partial charge < -0.3 is 15.4 Å². The Morgan fingerprint density at radius 2 is 1.94 bits per heavy atom. The number of ether oxygens (including phenoxy) is 1. The molecule has 0 amide bonds. The summed E-state index contributed by atoms with van der Waals surface area (Å²) in [5.41, 5.74) is 5.62. The lowest BCUT2D eigenvalue weighted by Crippen LogP contribution is -2.41. The van der Waals surface area contributed by atoms with Crippen LogP contribution in [-0.4, -0.2) is 45.2 Å². The Morgan fingerprint density at radius 1 is 1.16 bits per heavy atom. The maximum Gasteiger partial charge on any atom is 0.418 e. The highest BCUT2D eigenvalue weighted by Crippen LogP contribution is 2.43. The van der Waals surface area contributed by atoms with Gasteiger partial charge in [-0.15, -0.1) is 0 Å². The van der Waals surface area contributed by atoms with Gasteiger partial charge in [0.25, 0.3) is 0 Å². The second-order valence-electron chi connectivity index (χ2n) is 8.56. The number of piperidine rings is 1. The summed E-state index contributed by atoms with van der Waals surface area (Å²) >= 11 is 0.939. The molecule has 32 heavy (non-hydrogen) atoms. The lowest BCUT2D eigenvalue weighted by atomic mass is 9.77. The van der Waals surface area contributed by atoms with Crippen molar-refractivity contribution in [3.63, 3.8) is 0 Å². The molecule has 5 rings (SSSR count). The molecule has 2 aliphatic rings. The summed E-state index contributed by atoms with van der Waals surface area (Å²) in [5.74, 6) is 0.769. The van der Waals surface area contributed by atoms with Crippen LogP contribution in [0.2, 0.25) is 0 Å². The van der Waals surface area contributed by atoms with Gasteiger partial charge >= 0.3 is 6.18 Å². The van der Waals surface area contributed by atoms with Gasteiger partial charge in [0.1, 0.15) is 5.82 Å². The SMILES string of the molecule is C[C@H]1CC2(CCN(c3ncc(Sc4cc(N)ncc4C(F)(F)F)c4nccn34)CC2)CO1. The van der Waals surface area contributed by atoms with Gasteiger partial charge in [-0.25, -0.2) is 15.0 Å². The van der Waals surface area contributed by atoms with Crippen molar-refractivity contribution in [3.05, 3.63) is 36.4 Å². The fraction of sp³-hybridized carbons (Fsp3) is 0.476. The molecule has 3 aromatic heterocycles. The number of aromatic nitrogens is 4. The van der Waals surface area contributed by atoms with Gasteiger partial charge in [-0.3, -0.25) is 4.40 Å². The van der Waals surface area contributed by atoms with Crippen molar-refractivity contribution in [2.45, 2.75) is 48.3 Å². The zero-order valence-corrected chi connectivity index (χ0v) is 18.3. The number of pyridine rings is 1. The molecule has 2 N–H and O–H groups in total. The molecule has 2 fully saturated rings. The fourth-order valence-electron chi connectivity index (χ4n) is 4.63. The molecule has 0 aromatic carbocycles. The molecule has 0 saturated carbocycles. The van der Waals surface area contributed by atoms with E-state index in [9.17, 15) is 13.2 Å². The molecule has 7 nitrogen and oxygen atoms in total. The lowest BCUT2D eigenvalue weighted by Gasteiger charge is -2.39. The Morgan fingerprint density at radius 3 is 2.62 bits per heavy atom. The van der Waals surface area contributed by atoms with Crippen LogP contribution in [0, 0.1) is 5.41 Å². The third-order valence-electron chi connectivity index (χ3n) is 6.29. The number of hydrogen-bond acceptors (Lipinski definition) is 7. The van der Waals surface area contributed by atoms with Crippen molar-refractivity contribution >= 4 is 29.2 Å². The number of imidazole rings is 1. The van der Waals surface area contributed by atoms with Crippen molar-refractivity contribution in [2.75, 3.05) is 30.3 Å². The van der Waals surface area contributed by atoms with E-state index in [1.54, 1.807) is 18.6 Å². The molecule has 0 radical (unpaired) electrons. The van der Waals surface area contributed by atoms with E-state index in [1.165, 1.54) is 6.07 Å². The molecule has 5 heterocycles. The van der Waals surface area contributed by atoms with Gasteiger partial charge in [0.05, 0.1) is 23.2 Å². The molecule has 2 aliphatic heterocycles. The summed E-state index contributed by atoms with van der Waals surface area (Å²) < 4.78 is 48.0. The minimum absolute atomic E-state index is 0.0249. The Hall–Kier alpha value is -2.53. The van der Waals surface area contributed by atoms with Gasteiger partial charge in [-0.1, -0.05) is 11.8 Å². The highest BCUT2D eigenvalue weighted by Gasteiger charge is 2.41. The van der Waals surface area contributed by atoms with E-state index < -0.39 is 11.7 Å². The molecule has 0 aliphatic carbocycles. The minimum atomic E-state index is -4.53. The predicted octanol–water partition coefficient (Wildman–Crippen LogP) is 4.27. The maximum absolute atomic E-state index is 13.4. The molecule has 0 bridgehead atoms. The quantitative estimate of drug-likeness (QED) is 0.620. The molecule has 0 unspecified atom stereocenters. The molecular formula is C21H23F3N6OS. The van der Waals surface area contributed by atoms with Gasteiger partial charge in [-0.05, 0) is 37.7 Å². The van der Waals surface area contributed by atoms with Crippen molar-refractivity contribution < 1.29 is 17.9 Å². The summed E-state index contributed by atoms with van der Waals surface area (Å²) in [4.78, 5) is 15.3. The summed E-state index contributed by atoms with van der Waals surface area (Å²) in [7, 11) is 0. The lowest BCUT2D eigenvalue weighted by molar-refractivity contribution is -0.140. The summed E-state index contributed by atoms with van der Waals surface area (Å²) in [6.45, 7) is 4.63. The highest BCUT2D eigenvalue weighted by atomic mass is 32.2. The molecule has 1 spiro atoms. The number of nitrogens with zero attached hydrogens (tertiary/aromatic N) is 5. The largest absolute Gasteiger partial charge is 0.418 e. The fourth-order valence-corrected chi connectivity index (χ4v) is 5.68. The first-order chi connectivity index (χ1) is 15.2. The van der Waals surface area contributed by atoms with Gasteiger partial charge in [0.2, 0.25) is 5.95 Å². The summed E-state index contributed by atoms with van der Waals surface area (Å²) in [5, 5.41) is 0. The first-order valence-corrected chi connectivity index (χ1v) is 11.2. The Kier molecular flexibility index (Phi) is 5.20. The zero-order chi connectivity index (χ0) is 22.5. The van der Waals surface area contributed by atoms with Crippen molar-refractivity contribution in [1.29, 1.82) is 0 Å². The van der Waals surface area contributed by atoms with Crippen LogP contribution in [0.3, 0.4) is 0 Å². The average Bonchev–Trinajstić information content (AvgIpc) is 3.36. The average molecular weight is 465 g/mol. The number of hydrogen-bond donors (Lipinski definition) is 1. The van der Waals surface area contributed by atoms with Crippen LogP contribution in [0.5, 0.6) is 0 Å². The van der Waals surface area contributed by atoms with E-state index in [0.717, 1.165) is 62.9 Å². The van der Waals surface area contributed by atoms with Crippen LogP contribution in [0.4, 0.5) is 24.9 Å². The number of nitrogen functional groups attached to an aromatic ring is 1. The highest BCUT2D eigenvalue weighted by molar-refractivity contribution is 7.99. The maximum atomic E-state index is 13.4. The number of halogens is 3. The molecule has 2 saturated heterocycles. The van der Waals surface area contributed by atoms with E-state index in [2.05, 4.69) is 26.8 Å². The smallest absolute Gasteiger partial charge is 0.384 e. The number of rotatable bonds is 3. The van der Waals surface area contributed by atoms with Crippen LogP contribution in [0.15, 0.2) is 40.6 Å². The first kappa shape index (κ1) is 21.3. The van der Waals surface area contributed by atoms with E-state index in [1.807, 2.05) is 4.40 Å². The van der Waals surface area contributed by atoms with Gasteiger partial charge in [0.15, 0.2) is 5.65 Å². The van der Waals surface area contributed by atoms with Crippen molar-refractivity contribution in [2.24, 2.45) is 5.41 Å². The zero-order valence-electron chi connectivity index (χ0n) is 17.5. The van der Waals surface area contributed by atoms with Crippen molar-refractivity contribution in [1.82, 2.24) is 19.4 Å². The molecule has 1 atom stereocenters. The molecule has 170 valence electrons. The van der Waals surface area contributed by atoms with E-state index in [0.29, 0.717) is 16.6 Å². The first-order valence-electron chi connectivity index (χ1n) is 10.4. The Balaban J connectivity index is 1.43. The van der Waals surface area contributed by atoms with E-state index >= 15 is 0 Å². The van der Waals surface area contributed by atoms with E-state index in [-0.39, 0.29) is 16.1 Å². The number of fused-ring (bicyclic) bond motifs is 1. The standard InChI is InChI=1S/C21H23F3N6OS/c1-13-9-20(12-31-13)2-5-29(6-3-20)19-28-11-16(18-26-4-7-30(18)19)32-15-8-17(25)27-10-14(15)21(22,23)24/h4,7-8,10-11,13H,2-3,5-6,9,12H2,1H3,(H2,25,27)/t13-/m0/s1. The van der Waals surface area contributed by atoms with Crippen LogP contribution in [0.1, 0.15) is 31.7 Å². The van der Waals surface area contributed by atoms with Crippen LogP contribution in [-0.2, 0) is 10.9 Å². The van der Waals surface area contributed by atoms with Gasteiger partial charge in [-0.2, -0.15) is 13.2 Å². The normalized spacial score (nSPS) is 21.0. The van der Waals surface area contributed by atoms with Crippen LogP contribution in [0.25, 0.3) is 5.65 Å². The van der Waals surface area contributed by atoms with Crippen molar-refractivity contribution in [3.8, 4) is 0 Å². The number of alkyl halides is 3. The second kappa shape index (κ2) is 7.80. The Bertz CT molecular complexity index is 1140. The number of anilines is 2. The summed E-state index contributed by atoms with van der Waals surface area (Å²) in [6.07, 6.45) is 4.68. The monoisotopic (exact) mass is 464 g/mol. The molecular weight excluding hydrogens is 441 g/mol. The molecule has 3 aromatic rings. The Labute approximate surface area is 187 Å². The van der Waals surface area contributed by atoms with Gasteiger partial charge in [0, 0.05) is 42.8 Å². The van der Waals surface area contributed by atoms with Crippen LogP contribution >= 0.6 is 11.8 Å². The third kappa shape index (κ3) is 3.88. The van der Waals surface area contributed by atoms with Crippen LogP contribution < -0.4 is 10.6 Å². The number of nitrogens with two attached hydrogens (primary N) is 1. The topological polar surface area (TPSA) is 81.6 Å². The molecule has 11 heteroatoms. The summed E-state index contributed by atoms with van der Waals surface area (Å²) in [6, 6.07) is 1.23. The predicted molar refractivity (Wildman–Crippen MR) is 115 cm³/mol. The third-order valence-corrected chi connectivity index (χ3v) is 7.35. The second-order valence-corrected chi connectivity index (χ2v) is 9.65. The van der Waals surface area contributed by atoms with E-state index in [4.69, 9.17) is 10.5 Å².